The first-order valence-corrected chi connectivity index (χ1v) is 16.3. The van der Waals surface area contributed by atoms with Crippen molar-refractivity contribution in [2.75, 3.05) is 13.2 Å². The van der Waals surface area contributed by atoms with Crippen molar-refractivity contribution in [3.8, 4) is 0 Å². The summed E-state index contributed by atoms with van der Waals surface area (Å²) in [5, 5.41) is 0.194. The Morgan fingerprint density at radius 3 is 2.23 bits per heavy atom. The average molecular weight is 505 g/mol. The van der Waals surface area contributed by atoms with E-state index in [0.717, 1.165) is 19.3 Å². The van der Waals surface area contributed by atoms with E-state index in [1.54, 1.807) is 13.0 Å². The van der Waals surface area contributed by atoms with Gasteiger partial charge in [-0.1, -0.05) is 57.9 Å². The highest BCUT2D eigenvalue weighted by molar-refractivity contribution is 6.74. The van der Waals surface area contributed by atoms with Gasteiger partial charge < -0.3 is 13.9 Å². The molecular weight excluding hydrogens is 456 g/mol. The maximum Gasteiger partial charge on any atom is 0.330 e. The first kappa shape index (κ1) is 29.6. The van der Waals surface area contributed by atoms with Gasteiger partial charge in [0.25, 0.3) is 0 Å². The molecule has 5 nitrogen and oxygen atoms in total. The summed E-state index contributed by atoms with van der Waals surface area (Å²) in [6.45, 7) is 18.4. The maximum absolute atomic E-state index is 11.9. The highest BCUT2D eigenvalue weighted by Crippen LogP contribution is 2.59. The molecule has 0 unspecified atom stereocenters. The van der Waals surface area contributed by atoms with Gasteiger partial charge in [-0.2, -0.15) is 0 Å². The van der Waals surface area contributed by atoms with Crippen molar-refractivity contribution in [2.24, 2.45) is 17.3 Å². The molecule has 198 valence electrons. The lowest BCUT2D eigenvalue weighted by Gasteiger charge is -2.49. The lowest BCUT2D eigenvalue weighted by Crippen LogP contribution is -2.50. The zero-order valence-corrected chi connectivity index (χ0v) is 24.3. The van der Waals surface area contributed by atoms with Gasteiger partial charge in [0.2, 0.25) is 0 Å². The number of carbonyl (C=O) groups excluding carboxylic acids is 2. The van der Waals surface area contributed by atoms with E-state index in [9.17, 15) is 9.59 Å². The first-order chi connectivity index (χ1) is 16.4. The number of ether oxygens (including phenoxy) is 2. The third-order valence-corrected chi connectivity index (χ3v) is 13.0. The van der Waals surface area contributed by atoms with Crippen LogP contribution in [-0.2, 0) is 23.5 Å². The van der Waals surface area contributed by atoms with Crippen LogP contribution in [-0.4, -0.2) is 39.6 Å². The van der Waals surface area contributed by atoms with Gasteiger partial charge in [-0.15, -0.1) is 0 Å². The Bertz CT molecular complexity index is 819. The molecule has 0 aliphatic heterocycles. The number of rotatable bonds is 10. The van der Waals surface area contributed by atoms with Crippen molar-refractivity contribution in [2.45, 2.75) is 104 Å². The number of fused-ring (bicyclic) bond motifs is 1. The van der Waals surface area contributed by atoms with Crippen molar-refractivity contribution in [3.05, 3.63) is 36.0 Å². The minimum atomic E-state index is -1.86. The van der Waals surface area contributed by atoms with Gasteiger partial charge >= 0.3 is 11.9 Å². The van der Waals surface area contributed by atoms with Gasteiger partial charge in [0.1, 0.15) is 0 Å². The summed E-state index contributed by atoms with van der Waals surface area (Å²) < 4.78 is 17.1. The van der Waals surface area contributed by atoms with Gasteiger partial charge in [0.15, 0.2) is 8.32 Å². The lowest BCUT2D eigenvalue weighted by atomic mass is 9.62. The Kier molecular flexibility index (Phi) is 10.6. The first-order valence-electron chi connectivity index (χ1n) is 13.4. The van der Waals surface area contributed by atoms with E-state index in [-0.39, 0.29) is 22.4 Å². The normalized spacial score (nSPS) is 27.9. The largest absolute Gasteiger partial charge is 0.463 e. The summed E-state index contributed by atoms with van der Waals surface area (Å²) in [6.07, 6.45) is 15.5. The fraction of sp³-hybridized carbons (Fsp3) is 0.724. The highest BCUT2D eigenvalue weighted by atomic mass is 28.4. The molecular formula is C29H48O5Si. The Morgan fingerprint density at radius 1 is 1.00 bits per heavy atom. The smallest absolute Gasteiger partial charge is 0.330 e. The minimum absolute atomic E-state index is 0.145. The molecule has 0 aromatic rings. The van der Waals surface area contributed by atoms with E-state index in [1.807, 2.05) is 13.0 Å². The summed E-state index contributed by atoms with van der Waals surface area (Å²) in [6, 6.07) is 0. The molecule has 0 heterocycles. The second-order valence-electron chi connectivity index (χ2n) is 11.8. The molecule has 0 N–H and O–H groups in total. The minimum Gasteiger partial charge on any atom is -0.463 e. The topological polar surface area (TPSA) is 61.8 Å². The van der Waals surface area contributed by atoms with Crippen LogP contribution in [0.1, 0.15) is 80.1 Å². The fourth-order valence-corrected chi connectivity index (χ4v) is 7.07. The predicted molar refractivity (Wildman–Crippen MR) is 144 cm³/mol. The summed E-state index contributed by atoms with van der Waals surface area (Å²) in [7, 11) is -1.86. The van der Waals surface area contributed by atoms with Crippen LogP contribution in [0.2, 0.25) is 18.1 Å². The van der Waals surface area contributed by atoms with E-state index in [1.165, 1.54) is 30.6 Å². The SMILES string of the molecule is CCOC(=O)/C=C/C=C(/C/C=C/C(=O)OCC)[C@H]1CC[C@H]2[C@@H](O[Si](C)(C)C(C)(C)C)CCC[C@]12C. The monoisotopic (exact) mass is 504 g/mol. The molecule has 2 aliphatic rings. The van der Waals surface area contributed by atoms with Crippen LogP contribution in [0.5, 0.6) is 0 Å². The van der Waals surface area contributed by atoms with Gasteiger partial charge in [-0.25, -0.2) is 9.59 Å². The molecule has 4 atom stereocenters. The second kappa shape index (κ2) is 12.5. The molecule has 6 heteroatoms. The summed E-state index contributed by atoms with van der Waals surface area (Å²) in [4.78, 5) is 23.7. The van der Waals surface area contributed by atoms with Gasteiger partial charge in [-0.3, -0.25) is 0 Å². The summed E-state index contributed by atoms with van der Waals surface area (Å²) >= 11 is 0. The zero-order valence-electron chi connectivity index (χ0n) is 23.3. The van der Waals surface area contributed by atoms with E-state index in [4.69, 9.17) is 13.9 Å². The average Bonchev–Trinajstić information content (AvgIpc) is 3.10. The molecule has 35 heavy (non-hydrogen) atoms. The van der Waals surface area contributed by atoms with E-state index < -0.39 is 8.32 Å². The molecule has 0 saturated heterocycles. The van der Waals surface area contributed by atoms with Crippen LogP contribution in [0, 0.1) is 17.3 Å². The lowest BCUT2D eigenvalue weighted by molar-refractivity contribution is -0.138. The number of carbonyl (C=O) groups is 2. The van der Waals surface area contributed by atoms with Gasteiger partial charge in [0, 0.05) is 18.3 Å². The summed E-state index contributed by atoms with van der Waals surface area (Å²) in [5.74, 6) is 0.268. The van der Waals surface area contributed by atoms with Crippen LogP contribution < -0.4 is 0 Å². The Labute approximate surface area is 214 Å². The summed E-state index contributed by atoms with van der Waals surface area (Å²) in [5.41, 5.74) is 1.40. The third-order valence-electron chi connectivity index (χ3n) is 8.49. The molecule has 0 amide bonds. The predicted octanol–water partition coefficient (Wildman–Crippen LogP) is 7.15. The van der Waals surface area contributed by atoms with Crippen molar-refractivity contribution < 1.29 is 23.5 Å². The Morgan fingerprint density at radius 2 is 1.63 bits per heavy atom. The molecule has 0 bridgehead atoms. The van der Waals surface area contributed by atoms with Gasteiger partial charge in [0.05, 0.1) is 13.2 Å². The van der Waals surface area contributed by atoms with Gasteiger partial charge in [-0.05, 0) is 81.3 Å². The molecule has 0 spiro atoms. The highest BCUT2D eigenvalue weighted by Gasteiger charge is 2.54. The maximum atomic E-state index is 11.9. The third kappa shape index (κ3) is 7.66. The van der Waals surface area contributed by atoms with Crippen molar-refractivity contribution in [3.63, 3.8) is 0 Å². The van der Waals surface area contributed by atoms with Crippen LogP contribution in [0.25, 0.3) is 0 Å². The zero-order chi connectivity index (χ0) is 26.3. The van der Waals surface area contributed by atoms with Crippen molar-refractivity contribution in [1.82, 2.24) is 0 Å². The number of hydrogen-bond acceptors (Lipinski definition) is 5. The Balaban J connectivity index is 2.29. The molecule has 0 aromatic carbocycles. The second-order valence-corrected chi connectivity index (χ2v) is 16.5. The van der Waals surface area contributed by atoms with Crippen LogP contribution in [0.15, 0.2) is 36.0 Å². The Hall–Kier alpha value is -1.66. The number of allylic oxidation sites excluding steroid dienone is 4. The quantitative estimate of drug-likeness (QED) is 0.137. The van der Waals surface area contributed by atoms with E-state index in [2.05, 4.69) is 46.9 Å². The molecule has 0 radical (unpaired) electrons. The molecule has 0 aromatic heterocycles. The molecule has 2 saturated carbocycles. The van der Waals surface area contributed by atoms with Crippen LogP contribution in [0.3, 0.4) is 0 Å². The molecule has 2 rings (SSSR count). The number of esters is 2. The fourth-order valence-electron chi connectivity index (χ4n) is 5.67. The molecule has 2 aliphatic carbocycles. The van der Waals surface area contributed by atoms with Crippen molar-refractivity contribution in [1.29, 1.82) is 0 Å². The van der Waals surface area contributed by atoms with Crippen molar-refractivity contribution >= 4 is 20.3 Å². The standard InChI is InChI=1S/C29H48O5Si/c1-9-32-26(30)17-11-14-22(15-12-18-27(31)33-10-2)23-19-20-24-25(16-13-21-29(23,24)6)34-35(7,8)28(3,4)5/h11-12,14,17-18,23-25H,9-10,13,15-16,19-21H2,1-8H3/b17-11+,18-12+,22-14-/t23-,24+,25+,29-/m1/s1. The molecule has 2 fully saturated rings. The van der Waals surface area contributed by atoms with Crippen LogP contribution in [0.4, 0.5) is 0 Å². The van der Waals surface area contributed by atoms with E-state index in [0.29, 0.717) is 37.6 Å². The number of hydrogen-bond donors (Lipinski definition) is 0. The van der Waals surface area contributed by atoms with E-state index >= 15 is 0 Å². The van der Waals surface area contributed by atoms with Crippen LogP contribution >= 0.6 is 0 Å².